The molecule has 3 heterocycles. The van der Waals surface area contributed by atoms with Crippen LogP contribution in [0.3, 0.4) is 0 Å². The van der Waals surface area contributed by atoms with Crippen molar-refractivity contribution < 1.29 is 24.2 Å². The van der Waals surface area contributed by atoms with Crippen LogP contribution in [0.4, 0.5) is 5.69 Å². The van der Waals surface area contributed by atoms with Gasteiger partial charge in [-0.05, 0) is 43.7 Å². The number of likely N-dealkylation sites (tertiary alicyclic amines) is 1. The maximum atomic E-state index is 14.0. The topological polar surface area (TPSA) is 108 Å². The number of aryl methyl sites for hydroxylation is 2. The lowest BCUT2D eigenvalue weighted by Gasteiger charge is -2.37. The molecule has 3 fully saturated rings. The summed E-state index contributed by atoms with van der Waals surface area (Å²) in [5.41, 5.74) is 1.39. The van der Waals surface area contributed by atoms with E-state index in [-0.39, 0.29) is 35.1 Å². The Kier molecular flexibility index (Phi) is 6.83. The van der Waals surface area contributed by atoms with Crippen molar-refractivity contribution in [1.29, 1.82) is 0 Å². The number of aliphatic hydroxyl groups excluding tert-OH is 1. The van der Waals surface area contributed by atoms with Crippen molar-refractivity contribution >= 4 is 39.3 Å². The molecule has 3 N–H and O–H groups in total. The van der Waals surface area contributed by atoms with Crippen molar-refractivity contribution in [2.45, 2.75) is 69.2 Å². The monoisotopic (exact) mass is 535 g/mol. The number of halogens is 1. The van der Waals surface area contributed by atoms with Crippen LogP contribution in [0.2, 0.25) is 0 Å². The van der Waals surface area contributed by atoms with Crippen LogP contribution < -0.4 is 10.6 Å². The van der Waals surface area contributed by atoms with Gasteiger partial charge in [-0.3, -0.25) is 14.4 Å². The summed E-state index contributed by atoms with van der Waals surface area (Å²) in [6.07, 6.45) is 0.469. The molecule has 3 unspecified atom stereocenters. The molecule has 3 amide bonds. The van der Waals surface area contributed by atoms with Crippen LogP contribution in [0.25, 0.3) is 0 Å². The van der Waals surface area contributed by atoms with Gasteiger partial charge in [0.25, 0.3) is 0 Å². The lowest BCUT2D eigenvalue weighted by atomic mass is 9.70. The van der Waals surface area contributed by atoms with Crippen molar-refractivity contribution in [2.24, 2.45) is 17.8 Å². The molecule has 186 valence electrons. The van der Waals surface area contributed by atoms with Gasteiger partial charge in [-0.15, -0.1) is 0 Å². The first kappa shape index (κ1) is 25.1. The number of nitrogens with one attached hydrogen (secondary N) is 2. The first-order valence-electron chi connectivity index (χ1n) is 11.9. The minimum atomic E-state index is -1.14. The number of aliphatic hydroxyl groups is 1. The summed E-state index contributed by atoms with van der Waals surface area (Å²) in [7, 11) is 1.54. The average molecular weight is 536 g/mol. The molecule has 4 rings (SSSR count). The molecule has 8 nitrogen and oxygen atoms in total. The second kappa shape index (κ2) is 9.24. The minimum Gasteiger partial charge on any atom is -0.394 e. The van der Waals surface area contributed by atoms with Gasteiger partial charge < -0.3 is 25.4 Å². The molecule has 3 aliphatic rings. The number of ether oxygens (including phenoxy) is 1. The minimum absolute atomic E-state index is 0.160. The van der Waals surface area contributed by atoms with E-state index in [4.69, 9.17) is 4.74 Å². The molecular formula is C25H34BrN3O5. The van der Waals surface area contributed by atoms with Crippen LogP contribution in [-0.2, 0) is 19.1 Å². The van der Waals surface area contributed by atoms with Gasteiger partial charge in [0.15, 0.2) is 0 Å². The Hall–Kier alpha value is -1.97. The third kappa shape index (κ3) is 3.76. The number of carbonyl (C=O) groups is 3. The predicted octanol–water partition coefficient (Wildman–Crippen LogP) is 2.14. The SMILES string of the molecule is CNC(=O)[C@H]1[C@H]2C(=O)N([C@@H](CO)CC(C)C)C(C(=O)Nc3c(C)cccc3C)C23CC(Br)[C@@H]1O3. The number of nitrogens with zero attached hydrogens (tertiary/aromatic N) is 1. The normalized spacial score (nSPS) is 32.8. The van der Waals surface area contributed by atoms with E-state index < -0.39 is 35.6 Å². The molecule has 9 heteroatoms. The molecule has 0 radical (unpaired) electrons. The second-order valence-corrected chi connectivity index (χ2v) is 11.4. The first-order chi connectivity index (χ1) is 16.1. The van der Waals surface area contributed by atoms with Crippen LogP contribution in [0.15, 0.2) is 18.2 Å². The van der Waals surface area contributed by atoms with Gasteiger partial charge >= 0.3 is 0 Å². The summed E-state index contributed by atoms with van der Waals surface area (Å²) in [5.74, 6) is -2.20. The van der Waals surface area contributed by atoms with Gasteiger partial charge in [0.1, 0.15) is 11.6 Å². The van der Waals surface area contributed by atoms with Crippen molar-refractivity contribution in [2.75, 3.05) is 19.0 Å². The van der Waals surface area contributed by atoms with E-state index in [1.54, 1.807) is 7.05 Å². The number of fused-ring (bicyclic) bond motifs is 1. The van der Waals surface area contributed by atoms with Crippen molar-refractivity contribution in [3.8, 4) is 0 Å². The van der Waals surface area contributed by atoms with Crippen LogP contribution in [0.5, 0.6) is 0 Å². The van der Waals surface area contributed by atoms with Crippen molar-refractivity contribution in [3.05, 3.63) is 29.3 Å². The van der Waals surface area contributed by atoms with E-state index >= 15 is 0 Å². The molecule has 2 bridgehead atoms. The van der Waals surface area contributed by atoms with Gasteiger partial charge in [-0.2, -0.15) is 0 Å². The van der Waals surface area contributed by atoms with E-state index in [9.17, 15) is 19.5 Å². The third-order valence-electron chi connectivity index (χ3n) is 7.60. The molecule has 0 aliphatic carbocycles. The van der Waals surface area contributed by atoms with Crippen molar-refractivity contribution in [3.63, 3.8) is 0 Å². The highest BCUT2D eigenvalue weighted by Gasteiger charge is 2.77. The largest absolute Gasteiger partial charge is 0.394 e. The highest BCUT2D eigenvalue weighted by molar-refractivity contribution is 9.09. The fraction of sp³-hybridized carbons (Fsp3) is 0.640. The zero-order chi connectivity index (χ0) is 24.9. The number of hydrogen-bond donors (Lipinski definition) is 3. The van der Waals surface area contributed by atoms with E-state index in [2.05, 4.69) is 26.6 Å². The fourth-order valence-corrected chi connectivity index (χ4v) is 7.19. The van der Waals surface area contributed by atoms with Crippen LogP contribution >= 0.6 is 15.9 Å². The number of hydrogen-bond acceptors (Lipinski definition) is 5. The Bertz CT molecular complexity index is 981. The molecule has 0 aromatic heterocycles. The number of amides is 3. The summed E-state index contributed by atoms with van der Waals surface area (Å²) in [4.78, 5) is 42.2. The number of carbonyl (C=O) groups excluding carboxylic acids is 3. The van der Waals surface area contributed by atoms with Crippen molar-refractivity contribution in [1.82, 2.24) is 10.2 Å². The Morgan fingerprint density at radius 1 is 1.26 bits per heavy atom. The second-order valence-electron chi connectivity index (χ2n) is 10.2. The summed E-state index contributed by atoms with van der Waals surface area (Å²) in [5, 5.41) is 16.0. The Balaban J connectivity index is 1.81. The number of anilines is 1. The number of benzene rings is 1. The van der Waals surface area contributed by atoms with Crippen LogP contribution in [0, 0.1) is 31.6 Å². The zero-order valence-corrected chi connectivity index (χ0v) is 21.9. The van der Waals surface area contributed by atoms with E-state index in [1.165, 1.54) is 4.90 Å². The molecule has 7 atom stereocenters. The average Bonchev–Trinajstić information content (AvgIpc) is 3.37. The van der Waals surface area contributed by atoms with Gasteiger partial charge in [-0.1, -0.05) is 48.0 Å². The molecule has 34 heavy (non-hydrogen) atoms. The summed E-state index contributed by atoms with van der Waals surface area (Å²) in [6.45, 7) is 7.59. The maximum absolute atomic E-state index is 14.0. The lowest BCUT2D eigenvalue weighted by molar-refractivity contribution is -0.144. The highest BCUT2D eigenvalue weighted by Crippen LogP contribution is 2.60. The number of para-hydroxylation sites is 1. The Labute approximate surface area is 208 Å². The molecule has 1 aromatic carbocycles. The van der Waals surface area contributed by atoms with E-state index in [1.807, 2.05) is 45.9 Å². The smallest absolute Gasteiger partial charge is 0.250 e. The Morgan fingerprint density at radius 3 is 2.47 bits per heavy atom. The number of rotatable bonds is 7. The highest BCUT2D eigenvalue weighted by atomic mass is 79.9. The van der Waals surface area contributed by atoms with Gasteiger partial charge in [0.05, 0.1) is 30.6 Å². The van der Waals surface area contributed by atoms with Gasteiger partial charge in [0.2, 0.25) is 17.7 Å². The number of alkyl halides is 1. The summed E-state index contributed by atoms with van der Waals surface area (Å²) in [6, 6.07) is 4.26. The zero-order valence-electron chi connectivity index (χ0n) is 20.3. The summed E-state index contributed by atoms with van der Waals surface area (Å²) >= 11 is 3.65. The molecule has 3 aliphatic heterocycles. The fourth-order valence-electron chi connectivity index (χ4n) is 6.25. The predicted molar refractivity (Wildman–Crippen MR) is 131 cm³/mol. The quantitative estimate of drug-likeness (QED) is 0.463. The van der Waals surface area contributed by atoms with Crippen LogP contribution in [-0.4, -0.2) is 70.0 Å². The standard InChI is InChI=1S/C25H34BrN3O5/c1-12(2)9-15(11-30)29-21(23(32)28-19-13(3)7-6-8-14(19)4)25-10-16(26)20(34-25)17(22(31)27-5)18(25)24(29)33/h6-8,12,15-18,20-21,30H,9-11H2,1-5H3,(H,27,31)(H,28,32)/t15-,16?,17+,18+,20+,21?,25?/m1/s1. The summed E-state index contributed by atoms with van der Waals surface area (Å²) < 4.78 is 6.45. The van der Waals surface area contributed by atoms with E-state index in [0.717, 1.165) is 11.1 Å². The molecular weight excluding hydrogens is 502 g/mol. The van der Waals surface area contributed by atoms with E-state index in [0.29, 0.717) is 18.5 Å². The Morgan fingerprint density at radius 2 is 1.91 bits per heavy atom. The van der Waals surface area contributed by atoms with Gasteiger partial charge in [-0.25, -0.2) is 0 Å². The first-order valence-corrected chi connectivity index (χ1v) is 12.8. The lowest BCUT2D eigenvalue weighted by Crippen LogP contribution is -2.57. The molecule has 0 saturated carbocycles. The van der Waals surface area contributed by atoms with Crippen LogP contribution in [0.1, 0.15) is 37.8 Å². The third-order valence-corrected chi connectivity index (χ3v) is 8.45. The maximum Gasteiger partial charge on any atom is 0.250 e. The van der Waals surface area contributed by atoms with Gasteiger partial charge in [0, 0.05) is 17.6 Å². The molecule has 1 aromatic rings. The molecule has 1 spiro atoms. The molecule has 3 saturated heterocycles.